The maximum Gasteiger partial charge on any atom is 0.328 e. The van der Waals surface area contributed by atoms with Crippen LogP contribution >= 0.6 is 11.6 Å². The monoisotopic (exact) mass is 340 g/mol. The summed E-state index contributed by atoms with van der Waals surface area (Å²) in [5.41, 5.74) is 0.0386. The van der Waals surface area contributed by atoms with Gasteiger partial charge >= 0.3 is 5.97 Å². The van der Waals surface area contributed by atoms with E-state index in [1.54, 1.807) is 0 Å². The number of halogens is 1. The zero-order valence-corrected chi connectivity index (χ0v) is 13.2. The lowest BCUT2D eigenvalue weighted by molar-refractivity contribution is -0.147. The van der Waals surface area contributed by atoms with Gasteiger partial charge in [0.25, 0.3) is 5.91 Å². The number of carboxylic acids is 1. The molecular formula is C14H17ClN4O4. The molecule has 0 aromatic carbocycles. The molecule has 3 rings (SSSR count). The largest absolute Gasteiger partial charge is 0.480 e. The van der Waals surface area contributed by atoms with Gasteiger partial charge in [-0.2, -0.15) is 0 Å². The summed E-state index contributed by atoms with van der Waals surface area (Å²) >= 11 is 6.07. The molecule has 2 fully saturated rings. The van der Waals surface area contributed by atoms with Crippen LogP contribution in [0.1, 0.15) is 23.3 Å². The van der Waals surface area contributed by atoms with E-state index in [9.17, 15) is 14.7 Å². The number of aliphatic carboxylic acids is 1. The Hall–Kier alpha value is -1.93. The number of hydrogen-bond donors (Lipinski definition) is 1. The average molecular weight is 341 g/mol. The Morgan fingerprint density at radius 2 is 2.04 bits per heavy atom. The van der Waals surface area contributed by atoms with Crippen molar-refractivity contribution in [3.63, 3.8) is 0 Å². The second kappa shape index (κ2) is 6.67. The molecule has 23 heavy (non-hydrogen) atoms. The number of amides is 1. The minimum atomic E-state index is -1.11. The first-order valence-corrected chi connectivity index (χ1v) is 7.84. The first kappa shape index (κ1) is 15.9. The molecule has 0 aliphatic carbocycles. The molecule has 124 valence electrons. The minimum absolute atomic E-state index is 0.0386. The lowest BCUT2D eigenvalue weighted by atomic mass is 10.2. The smallest absolute Gasteiger partial charge is 0.328 e. The lowest BCUT2D eigenvalue weighted by Crippen LogP contribution is -2.52. The van der Waals surface area contributed by atoms with E-state index in [0.717, 1.165) is 25.9 Å². The number of morpholine rings is 1. The van der Waals surface area contributed by atoms with Crippen LogP contribution in [0.15, 0.2) is 6.20 Å². The first-order valence-electron chi connectivity index (χ1n) is 7.47. The summed E-state index contributed by atoms with van der Waals surface area (Å²) in [5.74, 6) is -1.16. The molecular weight excluding hydrogens is 324 g/mol. The molecule has 1 N–H and O–H groups in total. The van der Waals surface area contributed by atoms with Gasteiger partial charge in [0.1, 0.15) is 0 Å². The quantitative estimate of drug-likeness (QED) is 0.863. The van der Waals surface area contributed by atoms with Gasteiger partial charge in [-0.05, 0) is 12.8 Å². The Bertz CT molecular complexity index is 621. The van der Waals surface area contributed by atoms with Crippen LogP contribution in [0, 0.1) is 0 Å². The summed E-state index contributed by atoms with van der Waals surface area (Å²) in [6.45, 7) is 2.12. The van der Waals surface area contributed by atoms with Crippen molar-refractivity contribution in [1.29, 1.82) is 0 Å². The second-order valence-corrected chi connectivity index (χ2v) is 5.90. The molecule has 0 spiro atoms. The highest BCUT2D eigenvalue weighted by molar-refractivity contribution is 6.33. The van der Waals surface area contributed by atoms with Crippen LogP contribution in [0.5, 0.6) is 0 Å². The van der Waals surface area contributed by atoms with Crippen LogP contribution in [-0.4, -0.2) is 70.7 Å². The molecule has 1 aromatic heterocycles. The molecule has 0 radical (unpaired) electrons. The lowest BCUT2D eigenvalue weighted by Gasteiger charge is -2.32. The van der Waals surface area contributed by atoms with Gasteiger partial charge in [-0.25, -0.2) is 14.8 Å². The van der Waals surface area contributed by atoms with Gasteiger partial charge in [-0.1, -0.05) is 11.6 Å². The van der Waals surface area contributed by atoms with Gasteiger partial charge in [-0.15, -0.1) is 0 Å². The maximum absolute atomic E-state index is 12.7. The van der Waals surface area contributed by atoms with E-state index in [1.807, 2.05) is 4.90 Å². The van der Waals surface area contributed by atoms with Gasteiger partial charge < -0.3 is 19.6 Å². The van der Waals surface area contributed by atoms with Crippen LogP contribution in [0.3, 0.4) is 0 Å². The predicted octanol–water partition coefficient (Wildman–Crippen LogP) is 0.656. The predicted molar refractivity (Wildman–Crippen MR) is 81.8 cm³/mol. The molecule has 8 nitrogen and oxygen atoms in total. The molecule has 1 aromatic rings. The third kappa shape index (κ3) is 3.23. The maximum atomic E-state index is 12.7. The van der Waals surface area contributed by atoms with Crippen LogP contribution in [-0.2, 0) is 9.53 Å². The Morgan fingerprint density at radius 3 is 2.74 bits per heavy atom. The van der Waals surface area contributed by atoms with Crippen molar-refractivity contribution < 1.29 is 19.4 Å². The van der Waals surface area contributed by atoms with E-state index in [1.165, 1.54) is 11.1 Å². The standard InChI is InChI=1S/C14H17ClN4O4/c15-9-7-16-14(18-3-1-2-4-18)17-11(9)12(20)19-5-6-23-8-10(19)13(21)22/h7,10H,1-6,8H2,(H,21,22)/t10-/m1/s1. The summed E-state index contributed by atoms with van der Waals surface area (Å²) in [6.07, 6.45) is 3.51. The number of rotatable bonds is 3. The van der Waals surface area contributed by atoms with E-state index < -0.39 is 17.9 Å². The number of carbonyl (C=O) groups excluding carboxylic acids is 1. The van der Waals surface area contributed by atoms with Crippen molar-refractivity contribution in [2.45, 2.75) is 18.9 Å². The van der Waals surface area contributed by atoms with Gasteiger partial charge in [0, 0.05) is 19.6 Å². The van der Waals surface area contributed by atoms with Crippen LogP contribution < -0.4 is 4.90 Å². The Balaban J connectivity index is 1.88. The highest BCUT2D eigenvalue weighted by atomic mass is 35.5. The summed E-state index contributed by atoms with van der Waals surface area (Å²) < 4.78 is 5.15. The van der Waals surface area contributed by atoms with Gasteiger partial charge in [0.05, 0.1) is 24.4 Å². The fraction of sp³-hybridized carbons (Fsp3) is 0.571. The molecule has 1 amide bonds. The summed E-state index contributed by atoms with van der Waals surface area (Å²) in [4.78, 5) is 35.7. The van der Waals surface area contributed by atoms with Gasteiger partial charge in [-0.3, -0.25) is 4.79 Å². The number of hydrogen-bond acceptors (Lipinski definition) is 6. The zero-order valence-electron chi connectivity index (χ0n) is 12.4. The van der Waals surface area contributed by atoms with Crippen molar-refractivity contribution >= 4 is 29.4 Å². The van der Waals surface area contributed by atoms with Gasteiger partial charge in [0.2, 0.25) is 5.95 Å². The Labute approximate surface area is 138 Å². The van der Waals surface area contributed by atoms with Crippen molar-refractivity contribution in [2.24, 2.45) is 0 Å². The normalized spacial score (nSPS) is 21.5. The van der Waals surface area contributed by atoms with E-state index in [4.69, 9.17) is 16.3 Å². The summed E-state index contributed by atoms with van der Waals surface area (Å²) in [5, 5.41) is 9.37. The van der Waals surface area contributed by atoms with Crippen molar-refractivity contribution in [3.8, 4) is 0 Å². The Kier molecular flexibility index (Phi) is 4.63. The SMILES string of the molecule is O=C(O)[C@H]1COCCN1C(=O)c1nc(N2CCCC2)ncc1Cl. The van der Waals surface area contributed by atoms with Crippen LogP contribution in [0.4, 0.5) is 5.95 Å². The van der Waals surface area contributed by atoms with E-state index in [0.29, 0.717) is 5.95 Å². The van der Waals surface area contributed by atoms with E-state index in [-0.39, 0.29) is 30.5 Å². The average Bonchev–Trinajstić information content (AvgIpc) is 3.09. The minimum Gasteiger partial charge on any atom is -0.480 e. The molecule has 1 atom stereocenters. The second-order valence-electron chi connectivity index (χ2n) is 5.49. The van der Waals surface area contributed by atoms with E-state index >= 15 is 0 Å². The van der Waals surface area contributed by atoms with Crippen molar-refractivity contribution in [3.05, 3.63) is 16.9 Å². The molecule has 0 saturated carbocycles. The van der Waals surface area contributed by atoms with Crippen molar-refractivity contribution in [1.82, 2.24) is 14.9 Å². The molecule has 0 unspecified atom stereocenters. The molecule has 9 heteroatoms. The van der Waals surface area contributed by atoms with Gasteiger partial charge in [0.15, 0.2) is 11.7 Å². The van der Waals surface area contributed by atoms with E-state index in [2.05, 4.69) is 9.97 Å². The fourth-order valence-corrected chi connectivity index (χ4v) is 2.94. The topological polar surface area (TPSA) is 95.9 Å². The number of ether oxygens (including phenoxy) is 1. The highest BCUT2D eigenvalue weighted by Gasteiger charge is 2.35. The highest BCUT2D eigenvalue weighted by Crippen LogP contribution is 2.22. The van der Waals surface area contributed by atoms with Crippen molar-refractivity contribution in [2.75, 3.05) is 37.7 Å². The zero-order chi connectivity index (χ0) is 16.4. The third-order valence-corrected chi connectivity index (χ3v) is 4.27. The number of carboxylic acid groups (broad SMARTS) is 1. The molecule has 0 bridgehead atoms. The van der Waals surface area contributed by atoms with Crippen LogP contribution in [0.25, 0.3) is 0 Å². The number of anilines is 1. The number of carbonyl (C=O) groups is 2. The number of nitrogens with zero attached hydrogens (tertiary/aromatic N) is 4. The first-order chi connectivity index (χ1) is 11.1. The Morgan fingerprint density at radius 1 is 1.30 bits per heavy atom. The molecule has 3 heterocycles. The molecule has 2 aliphatic rings. The summed E-state index contributed by atoms with van der Waals surface area (Å²) in [7, 11) is 0. The van der Waals surface area contributed by atoms with Crippen LogP contribution in [0.2, 0.25) is 5.02 Å². The molecule has 2 saturated heterocycles. The number of aromatic nitrogens is 2. The summed E-state index contributed by atoms with van der Waals surface area (Å²) in [6, 6.07) is -1.03. The fourth-order valence-electron chi connectivity index (χ4n) is 2.76. The third-order valence-electron chi connectivity index (χ3n) is 4.00. The molecule has 2 aliphatic heterocycles.